The number of nitrogens with one attached hydrogen (secondary N) is 2. The molecule has 0 saturated carbocycles. The van der Waals surface area contributed by atoms with Crippen LogP contribution in [0.25, 0.3) is 16.9 Å². The Morgan fingerprint density at radius 3 is 2.16 bits per heavy atom. The topological polar surface area (TPSA) is 102 Å². The molecule has 0 aliphatic heterocycles. The lowest BCUT2D eigenvalue weighted by molar-refractivity contribution is 0.0951. The fourth-order valence-corrected chi connectivity index (χ4v) is 3.22. The van der Waals surface area contributed by atoms with E-state index in [9.17, 15) is 9.59 Å². The number of benzene rings is 3. The Hall–Kier alpha value is -4.39. The van der Waals surface area contributed by atoms with Crippen molar-refractivity contribution in [3.63, 3.8) is 0 Å². The van der Waals surface area contributed by atoms with Crippen LogP contribution in [-0.4, -0.2) is 21.7 Å². The molecule has 0 saturated heterocycles. The van der Waals surface area contributed by atoms with Gasteiger partial charge in [-0.25, -0.2) is 9.48 Å². The molecule has 4 N–H and O–H groups in total. The molecule has 7 heteroatoms. The third-order valence-electron chi connectivity index (χ3n) is 4.71. The highest BCUT2D eigenvalue weighted by Crippen LogP contribution is 2.23. The third kappa shape index (κ3) is 4.79. The second-order valence-electron chi connectivity index (χ2n) is 6.90. The van der Waals surface area contributed by atoms with E-state index in [1.165, 1.54) is 0 Å². The molecule has 0 spiro atoms. The number of carbonyl (C=O) groups excluding carboxylic acids is 2. The van der Waals surface area contributed by atoms with Crippen molar-refractivity contribution >= 4 is 17.6 Å². The maximum atomic E-state index is 12.6. The van der Waals surface area contributed by atoms with E-state index >= 15 is 0 Å². The summed E-state index contributed by atoms with van der Waals surface area (Å²) in [5.74, 6) is -0.225. The van der Waals surface area contributed by atoms with E-state index in [0.717, 1.165) is 22.5 Å². The van der Waals surface area contributed by atoms with Gasteiger partial charge in [-0.1, -0.05) is 48.5 Å². The lowest BCUT2D eigenvalue weighted by atomic mass is 10.1. The summed E-state index contributed by atoms with van der Waals surface area (Å²) in [5.41, 5.74) is 9.73. The van der Waals surface area contributed by atoms with Crippen molar-refractivity contribution in [2.24, 2.45) is 5.73 Å². The predicted molar refractivity (Wildman–Crippen MR) is 120 cm³/mol. The van der Waals surface area contributed by atoms with Crippen LogP contribution in [0.1, 0.15) is 15.9 Å². The van der Waals surface area contributed by atoms with Gasteiger partial charge < -0.3 is 16.4 Å². The number of nitrogens with zero attached hydrogens (tertiary/aromatic N) is 2. The minimum atomic E-state index is -0.652. The van der Waals surface area contributed by atoms with Crippen molar-refractivity contribution in [1.29, 1.82) is 0 Å². The molecule has 3 aromatic carbocycles. The minimum Gasteiger partial charge on any atom is -0.351 e. The summed E-state index contributed by atoms with van der Waals surface area (Å²) in [6.07, 6.45) is 1.93. The molecular formula is C24H21N5O2. The van der Waals surface area contributed by atoms with Crippen LogP contribution in [0.2, 0.25) is 0 Å². The SMILES string of the molecule is NC(=O)Nc1ccc(C(=O)NCc2cn(-c3ccccc3)nc2-c2ccccc2)cc1. The first kappa shape index (κ1) is 19.9. The van der Waals surface area contributed by atoms with Gasteiger partial charge in [-0.15, -0.1) is 0 Å². The molecule has 3 amide bonds. The van der Waals surface area contributed by atoms with E-state index in [2.05, 4.69) is 10.6 Å². The second-order valence-corrected chi connectivity index (χ2v) is 6.90. The number of nitrogens with two attached hydrogens (primary N) is 1. The van der Waals surface area contributed by atoms with Crippen molar-refractivity contribution in [1.82, 2.24) is 15.1 Å². The number of hydrogen-bond donors (Lipinski definition) is 3. The van der Waals surface area contributed by atoms with Crippen LogP contribution >= 0.6 is 0 Å². The number of urea groups is 1. The van der Waals surface area contributed by atoms with Crippen molar-refractivity contribution in [3.8, 4) is 16.9 Å². The average molecular weight is 411 g/mol. The molecule has 0 atom stereocenters. The van der Waals surface area contributed by atoms with E-state index < -0.39 is 6.03 Å². The first-order valence-electron chi connectivity index (χ1n) is 9.74. The zero-order valence-electron chi connectivity index (χ0n) is 16.7. The molecule has 7 nitrogen and oxygen atoms in total. The van der Waals surface area contributed by atoms with Crippen LogP contribution in [0.5, 0.6) is 0 Å². The summed E-state index contributed by atoms with van der Waals surface area (Å²) in [6, 6.07) is 25.5. The van der Waals surface area contributed by atoms with Gasteiger partial charge >= 0.3 is 6.03 Å². The Morgan fingerprint density at radius 2 is 1.52 bits per heavy atom. The third-order valence-corrected chi connectivity index (χ3v) is 4.71. The predicted octanol–water partition coefficient (Wildman–Crippen LogP) is 3.96. The van der Waals surface area contributed by atoms with Gasteiger partial charge in [0.1, 0.15) is 0 Å². The lowest BCUT2D eigenvalue weighted by Gasteiger charge is -2.07. The molecule has 1 heterocycles. The number of hydrogen-bond acceptors (Lipinski definition) is 3. The summed E-state index contributed by atoms with van der Waals surface area (Å²) in [5, 5.41) is 10.2. The largest absolute Gasteiger partial charge is 0.351 e. The van der Waals surface area contributed by atoms with E-state index in [1.54, 1.807) is 24.3 Å². The Balaban J connectivity index is 1.55. The molecule has 4 aromatic rings. The Bertz CT molecular complexity index is 1190. The summed E-state index contributed by atoms with van der Waals surface area (Å²) < 4.78 is 1.81. The fourth-order valence-electron chi connectivity index (χ4n) is 3.22. The van der Waals surface area contributed by atoms with Gasteiger partial charge in [0.15, 0.2) is 0 Å². The number of rotatable bonds is 6. The molecule has 31 heavy (non-hydrogen) atoms. The van der Waals surface area contributed by atoms with Gasteiger partial charge in [-0.3, -0.25) is 4.79 Å². The van der Waals surface area contributed by atoms with Gasteiger partial charge in [0.2, 0.25) is 0 Å². The van der Waals surface area contributed by atoms with E-state index in [1.807, 2.05) is 71.5 Å². The molecule has 0 fully saturated rings. The smallest absolute Gasteiger partial charge is 0.316 e. The van der Waals surface area contributed by atoms with Crippen LogP contribution in [0, 0.1) is 0 Å². The molecule has 0 bridgehead atoms. The highest BCUT2D eigenvalue weighted by atomic mass is 16.2. The van der Waals surface area contributed by atoms with Crippen LogP contribution in [0.3, 0.4) is 0 Å². The first-order chi connectivity index (χ1) is 15.1. The normalized spacial score (nSPS) is 10.5. The maximum absolute atomic E-state index is 12.6. The lowest BCUT2D eigenvalue weighted by Crippen LogP contribution is -2.23. The summed E-state index contributed by atoms with van der Waals surface area (Å²) in [4.78, 5) is 23.5. The standard InChI is InChI=1S/C24H21N5O2/c25-24(31)27-20-13-11-18(12-14-20)23(30)26-15-19-16-29(21-9-5-2-6-10-21)28-22(19)17-7-3-1-4-8-17/h1-14,16H,15H2,(H,26,30)(H3,25,27,31). The number of para-hydroxylation sites is 1. The van der Waals surface area contributed by atoms with Crippen LogP contribution < -0.4 is 16.4 Å². The Morgan fingerprint density at radius 1 is 0.871 bits per heavy atom. The quantitative estimate of drug-likeness (QED) is 0.447. The Kier molecular flexibility index (Phi) is 5.75. The molecule has 0 aliphatic carbocycles. The average Bonchev–Trinajstić information content (AvgIpc) is 3.23. The van der Waals surface area contributed by atoms with Gasteiger partial charge in [-0.2, -0.15) is 5.10 Å². The summed E-state index contributed by atoms with van der Waals surface area (Å²) in [7, 11) is 0. The highest BCUT2D eigenvalue weighted by molar-refractivity contribution is 5.95. The van der Waals surface area contributed by atoms with Crippen LogP contribution in [-0.2, 0) is 6.54 Å². The summed E-state index contributed by atoms with van der Waals surface area (Å²) >= 11 is 0. The van der Waals surface area contributed by atoms with Crippen molar-refractivity contribution in [2.45, 2.75) is 6.54 Å². The molecular weight excluding hydrogens is 390 g/mol. The number of anilines is 1. The van der Waals surface area contributed by atoms with Gasteiger partial charge in [0.25, 0.3) is 5.91 Å². The van der Waals surface area contributed by atoms with Crippen molar-refractivity contribution in [3.05, 3.63) is 102 Å². The molecule has 0 unspecified atom stereocenters. The maximum Gasteiger partial charge on any atom is 0.316 e. The van der Waals surface area contributed by atoms with E-state index in [-0.39, 0.29) is 5.91 Å². The highest BCUT2D eigenvalue weighted by Gasteiger charge is 2.14. The molecule has 154 valence electrons. The molecule has 1 aromatic heterocycles. The molecule has 4 rings (SSSR count). The van der Waals surface area contributed by atoms with Crippen LogP contribution in [0.15, 0.2) is 91.1 Å². The van der Waals surface area contributed by atoms with E-state index in [0.29, 0.717) is 17.8 Å². The number of primary amides is 1. The number of amides is 3. The van der Waals surface area contributed by atoms with E-state index in [4.69, 9.17) is 10.8 Å². The number of aromatic nitrogens is 2. The molecule has 0 radical (unpaired) electrons. The van der Waals surface area contributed by atoms with Crippen LogP contribution in [0.4, 0.5) is 10.5 Å². The van der Waals surface area contributed by atoms with Crippen molar-refractivity contribution in [2.75, 3.05) is 5.32 Å². The first-order valence-corrected chi connectivity index (χ1v) is 9.74. The number of carbonyl (C=O) groups is 2. The summed E-state index contributed by atoms with van der Waals surface area (Å²) in [6.45, 7) is 0.317. The van der Waals surface area contributed by atoms with Gasteiger partial charge in [0, 0.05) is 35.1 Å². The van der Waals surface area contributed by atoms with Crippen molar-refractivity contribution < 1.29 is 9.59 Å². The second kappa shape index (κ2) is 8.96. The van der Waals surface area contributed by atoms with Gasteiger partial charge in [0.05, 0.1) is 11.4 Å². The Labute approximate surface area is 179 Å². The zero-order chi connectivity index (χ0) is 21.6. The monoisotopic (exact) mass is 411 g/mol. The van der Waals surface area contributed by atoms with Gasteiger partial charge in [-0.05, 0) is 36.4 Å². The fraction of sp³-hybridized carbons (Fsp3) is 0.0417. The molecule has 0 aliphatic rings. The minimum absolute atomic E-state index is 0.225. The zero-order valence-corrected chi connectivity index (χ0v) is 16.7.